The van der Waals surface area contributed by atoms with Gasteiger partial charge in [0.15, 0.2) is 0 Å². The smallest absolute Gasteiger partial charge is 0.329 e. The number of carbonyl (C=O) groups is 2. The van der Waals surface area contributed by atoms with Gasteiger partial charge in [0.05, 0.1) is 0 Å². The van der Waals surface area contributed by atoms with Gasteiger partial charge in [0.2, 0.25) is 0 Å². The van der Waals surface area contributed by atoms with Crippen LogP contribution in [0, 0.1) is 0 Å². The van der Waals surface area contributed by atoms with Gasteiger partial charge >= 0.3 is 11.9 Å². The van der Waals surface area contributed by atoms with Crippen molar-refractivity contribution in [2.45, 2.75) is 0 Å². The van der Waals surface area contributed by atoms with Crippen LogP contribution in [0.4, 0.5) is 0 Å². The molecule has 0 saturated carbocycles. The molecule has 0 aliphatic rings. The third kappa shape index (κ3) is 43.0. The summed E-state index contributed by atoms with van der Waals surface area (Å²) in [5, 5.41) is 30.0. The average molecular weight is 200 g/mol. The summed E-state index contributed by atoms with van der Waals surface area (Å²) in [5.41, 5.74) is 0. The summed E-state index contributed by atoms with van der Waals surface area (Å²) in [6.07, 6.45) is 0. The molecule has 0 fully saturated rings. The summed E-state index contributed by atoms with van der Waals surface area (Å²) in [7, 11) is 0. The first kappa shape index (κ1) is 16.9. The largest absolute Gasteiger partial charge is 0.480 e. The number of carboxylic acid groups (broad SMARTS) is 2. The van der Waals surface area contributed by atoms with Gasteiger partial charge < -0.3 is 20.4 Å². The van der Waals surface area contributed by atoms with Gasteiger partial charge in [-0.2, -0.15) is 0 Å². The second-order valence-electron chi connectivity index (χ2n) is 1.10. The van der Waals surface area contributed by atoms with Crippen molar-refractivity contribution < 1.29 is 51.7 Å². The molecule has 0 aromatic carbocycles. The standard InChI is InChI=1S/2C2H4O3.Ti/c2*3-1-2(4)5;/h2*3H,1H2,(H,4,5);. The fraction of sp³-hybridized carbons (Fsp3) is 0.500. The van der Waals surface area contributed by atoms with Crippen molar-refractivity contribution in [3.63, 3.8) is 0 Å². The van der Waals surface area contributed by atoms with Crippen LogP contribution in [0.3, 0.4) is 0 Å². The topological polar surface area (TPSA) is 115 Å². The maximum absolute atomic E-state index is 9.12. The van der Waals surface area contributed by atoms with Crippen molar-refractivity contribution in [2.75, 3.05) is 13.2 Å². The molecule has 0 aromatic heterocycles. The molecule has 6 nitrogen and oxygen atoms in total. The van der Waals surface area contributed by atoms with E-state index in [1.807, 2.05) is 0 Å². The molecule has 0 unspecified atom stereocenters. The molecular formula is C4H8O6Ti. The van der Waals surface area contributed by atoms with Crippen LogP contribution >= 0.6 is 0 Å². The molecule has 0 atom stereocenters. The summed E-state index contributed by atoms with van der Waals surface area (Å²) in [4.78, 5) is 18.2. The van der Waals surface area contributed by atoms with Gasteiger partial charge in [-0.3, -0.25) is 0 Å². The summed E-state index contributed by atoms with van der Waals surface area (Å²) < 4.78 is 0. The predicted molar refractivity (Wildman–Crippen MR) is 29.4 cm³/mol. The second kappa shape index (κ2) is 12.3. The summed E-state index contributed by atoms with van der Waals surface area (Å²) in [5.74, 6) is -2.38. The Morgan fingerprint density at radius 3 is 1.00 bits per heavy atom. The van der Waals surface area contributed by atoms with Crippen molar-refractivity contribution in [3.8, 4) is 0 Å². The third-order valence-electron chi connectivity index (χ3n) is 0.271. The van der Waals surface area contributed by atoms with Gasteiger partial charge in [0, 0.05) is 21.7 Å². The van der Waals surface area contributed by atoms with Crippen LogP contribution in [0.1, 0.15) is 0 Å². The number of aliphatic carboxylic acids is 2. The molecule has 0 amide bonds. The van der Waals surface area contributed by atoms with Gasteiger partial charge in [0.1, 0.15) is 13.2 Å². The van der Waals surface area contributed by atoms with E-state index in [4.69, 9.17) is 30.0 Å². The summed E-state index contributed by atoms with van der Waals surface area (Å²) in [6.45, 7) is -1.56. The Labute approximate surface area is 77.3 Å². The zero-order valence-corrected chi connectivity index (χ0v) is 7.08. The fourth-order valence-electron chi connectivity index (χ4n) is 0. The van der Waals surface area contributed by atoms with E-state index in [0.29, 0.717) is 0 Å². The van der Waals surface area contributed by atoms with E-state index in [1.165, 1.54) is 0 Å². The molecule has 4 N–H and O–H groups in total. The van der Waals surface area contributed by atoms with Crippen LogP contribution in [0.5, 0.6) is 0 Å². The minimum Gasteiger partial charge on any atom is -0.480 e. The van der Waals surface area contributed by atoms with Crippen molar-refractivity contribution in [3.05, 3.63) is 0 Å². The Morgan fingerprint density at radius 1 is 0.909 bits per heavy atom. The first-order chi connectivity index (χ1) is 4.54. The Hall–Kier alpha value is -0.426. The summed E-state index contributed by atoms with van der Waals surface area (Å²) in [6, 6.07) is 0. The maximum Gasteiger partial charge on any atom is 0.329 e. The number of hydrogen-bond donors (Lipinski definition) is 4. The Kier molecular flexibility index (Phi) is 18.8. The number of carboxylic acids is 2. The van der Waals surface area contributed by atoms with Crippen molar-refractivity contribution in [1.29, 1.82) is 0 Å². The zero-order chi connectivity index (χ0) is 8.57. The molecular weight excluding hydrogens is 192 g/mol. The SMILES string of the molecule is O=C(O)CO.O=C(O)CO.[Ti]. The Bertz CT molecular complexity index is 99.1. The first-order valence-electron chi connectivity index (χ1n) is 2.20. The Morgan fingerprint density at radius 2 is 1.00 bits per heavy atom. The van der Waals surface area contributed by atoms with Gasteiger partial charge in [-0.15, -0.1) is 0 Å². The zero-order valence-electron chi connectivity index (χ0n) is 5.52. The molecule has 64 valence electrons. The van der Waals surface area contributed by atoms with E-state index in [9.17, 15) is 0 Å². The molecule has 7 heteroatoms. The van der Waals surface area contributed by atoms with Gasteiger partial charge in [0.25, 0.3) is 0 Å². The second-order valence-corrected chi connectivity index (χ2v) is 1.10. The van der Waals surface area contributed by atoms with Crippen LogP contribution < -0.4 is 0 Å². The van der Waals surface area contributed by atoms with Crippen LogP contribution in [0.2, 0.25) is 0 Å². The molecule has 0 spiro atoms. The first-order valence-corrected chi connectivity index (χ1v) is 2.20. The van der Waals surface area contributed by atoms with Crippen LogP contribution in [0.15, 0.2) is 0 Å². The normalized spacial score (nSPS) is 6.73. The molecule has 0 heterocycles. The molecule has 11 heavy (non-hydrogen) atoms. The number of aliphatic hydroxyl groups excluding tert-OH is 2. The molecule has 0 radical (unpaired) electrons. The van der Waals surface area contributed by atoms with E-state index in [1.54, 1.807) is 0 Å². The number of aliphatic hydroxyl groups is 2. The molecule has 0 rings (SSSR count). The van der Waals surface area contributed by atoms with E-state index in [-0.39, 0.29) is 21.7 Å². The van der Waals surface area contributed by atoms with E-state index >= 15 is 0 Å². The van der Waals surface area contributed by atoms with Crippen molar-refractivity contribution >= 4 is 11.9 Å². The molecule has 0 bridgehead atoms. The monoisotopic (exact) mass is 200 g/mol. The summed E-state index contributed by atoms with van der Waals surface area (Å²) >= 11 is 0. The molecule has 0 aliphatic carbocycles. The van der Waals surface area contributed by atoms with E-state index in [2.05, 4.69) is 0 Å². The van der Waals surface area contributed by atoms with Crippen LogP contribution in [0.25, 0.3) is 0 Å². The molecule has 0 saturated heterocycles. The van der Waals surface area contributed by atoms with Crippen molar-refractivity contribution in [2.24, 2.45) is 0 Å². The maximum atomic E-state index is 9.12. The van der Waals surface area contributed by atoms with E-state index < -0.39 is 25.2 Å². The van der Waals surface area contributed by atoms with Crippen LogP contribution in [-0.4, -0.2) is 45.6 Å². The third-order valence-corrected chi connectivity index (χ3v) is 0.271. The van der Waals surface area contributed by atoms with Crippen molar-refractivity contribution in [1.82, 2.24) is 0 Å². The van der Waals surface area contributed by atoms with Gasteiger partial charge in [-0.05, 0) is 0 Å². The van der Waals surface area contributed by atoms with E-state index in [0.717, 1.165) is 0 Å². The minimum atomic E-state index is -1.19. The number of hydrogen-bond acceptors (Lipinski definition) is 4. The average Bonchev–Trinajstić information content (AvgIpc) is 1.89. The van der Waals surface area contributed by atoms with Crippen LogP contribution in [-0.2, 0) is 31.3 Å². The van der Waals surface area contributed by atoms with Gasteiger partial charge in [-0.1, -0.05) is 0 Å². The fourth-order valence-corrected chi connectivity index (χ4v) is 0. The minimum absolute atomic E-state index is 0. The molecule has 0 aliphatic heterocycles. The Balaban J connectivity index is -0.000000107. The predicted octanol–water partition coefficient (Wildman–Crippen LogP) is -1.88. The van der Waals surface area contributed by atoms with Gasteiger partial charge in [-0.25, -0.2) is 9.59 Å². The number of rotatable bonds is 2. The molecule has 0 aromatic rings. The quantitative estimate of drug-likeness (QED) is 0.388.